The van der Waals surface area contributed by atoms with Gasteiger partial charge >= 0.3 is 12.0 Å². The van der Waals surface area contributed by atoms with Gasteiger partial charge in [0.2, 0.25) is 0 Å². The van der Waals surface area contributed by atoms with Crippen LogP contribution in [0.25, 0.3) is 0 Å². The van der Waals surface area contributed by atoms with Crippen LogP contribution in [0, 0.1) is 11.3 Å². The number of carbonyl (C=O) groups excluding carboxylic acids is 1. The van der Waals surface area contributed by atoms with E-state index in [1.807, 2.05) is 0 Å². The zero-order chi connectivity index (χ0) is 14.6. The Morgan fingerprint density at radius 3 is 2.60 bits per heavy atom. The molecule has 20 heavy (non-hydrogen) atoms. The summed E-state index contributed by atoms with van der Waals surface area (Å²) in [5.74, 6) is -0.247. The summed E-state index contributed by atoms with van der Waals surface area (Å²) >= 11 is 0. The average molecular weight is 283 g/mol. The second-order valence-corrected chi connectivity index (χ2v) is 6.40. The molecule has 0 bridgehead atoms. The second-order valence-electron chi connectivity index (χ2n) is 6.40. The van der Waals surface area contributed by atoms with Crippen molar-refractivity contribution in [2.75, 3.05) is 33.2 Å². The van der Waals surface area contributed by atoms with Crippen LogP contribution in [0.1, 0.15) is 32.1 Å². The Kier molecular flexibility index (Phi) is 4.86. The Labute approximate surface area is 119 Å². The predicted octanol–water partition coefficient (Wildman–Crippen LogP) is 0.882. The SMILES string of the molecule is CN1CCC(CNC(=O)NCC2(CC(=O)O)CCC2)C1. The molecular weight excluding hydrogens is 258 g/mol. The molecule has 2 aliphatic rings. The van der Waals surface area contributed by atoms with Crippen molar-refractivity contribution in [2.45, 2.75) is 32.1 Å². The zero-order valence-corrected chi connectivity index (χ0v) is 12.2. The van der Waals surface area contributed by atoms with E-state index in [0.29, 0.717) is 19.0 Å². The van der Waals surface area contributed by atoms with Gasteiger partial charge in [-0.15, -0.1) is 0 Å². The molecule has 1 aliphatic heterocycles. The molecule has 1 atom stereocenters. The monoisotopic (exact) mass is 283 g/mol. The number of rotatable bonds is 6. The van der Waals surface area contributed by atoms with E-state index in [9.17, 15) is 9.59 Å². The lowest BCUT2D eigenvalue weighted by Crippen LogP contribution is -2.47. The molecule has 0 spiro atoms. The molecule has 1 aliphatic carbocycles. The van der Waals surface area contributed by atoms with E-state index in [0.717, 1.165) is 38.8 Å². The molecule has 114 valence electrons. The zero-order valence-electron chi connectivity index (χ0n) is 12.2. The van der Waals surface area contributed by atoms with Gasteiger partial charge in [-0.1, -0.05) is 6.42 Å². The summed E-state index contributed by atoms with van der Waals surface area (Å²) < 4.78 is 0. The number of nitrogens with one attached hydrogen (secondary N) is 2. The molecule has 0 aromatic carbocycles. The summed E-state index contributed by atoms with van der Waals surface area (Å²) in [5, 5.41) is 14.7. The number of amides is 2. The highest BCUT2D eigenvalue weighted by atomic mass is 16.4. The minimum absolute atomic E-state index is 0.153. The molecule has 1 heterocycles. The fourth-order valence-electron chi connectivity index (χ4n) is 3.17. The summed E-state index contributed by atoms with van der Waals surface area (Å²) in [6.07, 6.45) is 4.13. The van der Waals surface area contributed by atoms with E-state index < -0.39 is 5.97 Å². The van der Waals surface area contributed by atoms with Crippen molar-refractivity contribution >= 4 is 12.0 Å². The quantitative estimate of drug-likeness (QED) is 0.676. The number of carbonyl (C=O) groups is 2. The van der Waals surface area contributed by atoms with Crippen LogP contribution in [-0.4, -0.2) is 55.2 Å². The molecule has 0 radical (unpaired) electrons. The highest BCUT2D eigenvalue weighted by molar-refractivity contribution is 5.74. The van der Waals surface area contributed by atoms with E-state index >= 15 is 0 Å². The van der Waals surface area contributed by atoms with Crippen LogP contribution in [0.4, 0.5) is 4.79 Å². The van der Waals surface area contributed by atoms with Crippen molar-refractivity contribution < 1.29 is 14.7 Å². The fraction of sp³-hybridized carbons (Fsp3) is 0.857. The van der Waals surface area contributed by atoms with Gasteiger partial charge in [-0.25, -0.2) is 4.79 Å². The molecule has 2 fully saturated rings. The molecule has 0 aromatic heterocycles. The molecule has 1 unspecified atom stereocenters. The number of nitrogens with zero attached hydrogens (tertiary/aromatic N) is 1. The van der Waals surface area contributed by atoms with Crippen LogP contribution in [0.2, 0.25) is 0 Å². The minimum Gasteiger partial charge on any atom is -0.481 e. The largest absolute Gasteiger partial charge is 0.481 e. The van der Waals surface area contributed by atoms with E-state index in [2.05, 4.69) is 22.6 Å². The number of hydrogen-bond donors (Lipinski definition) is 3. The normalized spacial score (nSPS) is 24.9. The van der Waals surface area contributed by atoms with E-state index in [1.54, 1.807) is 0 Å². The van der Waals surface area contributed by atoms with Crippen molar-refractivity contribution in [1.29, 1.82) is 0 Å². The Balaban J connectivity index is 1.65. The van der Waals surface area contributed by atoms with Crippen LogP contribution in [-0.2, 0) is 4.79 Å². The Morgan fingerprint density at radius 1 is 1.35 bits per heavy atom. The highest BCUT2D eigenvalue weighted by Crippen LogP contribution is 2.43. The average Bonchev–Trinajstić information content (AvgIpc) is 2.75. The fourth-order valence-corrected chi connectivity index (χ4v) is 3.17. The van der Waals surface area contributed by atoms with Crippen molar-refractivity contribution in [3.63, 3.8) is 0 Å². The highest BCUT2D eigenvalue weighted by Gasteiger charge is 2.39. The molecule has 2 amide bonds. The predicted molar refractivity (Wildman–Crippen MR) is 75.5 cm³/mol. The first-order valence-corrected chi connectivity index (χ1v) is 7.41. The molecule has 6 heteroatoms. The second kappa shape index (κ2) is 6.43. The number of carboxylic acid groups (broad SMARTS) is 1. The third-order valence-corrected chi connectivity index (χ3v) is 4.60. The number of carboxylic acids is 1. The van der Waals surface area contributed by atoms with Gasteiger partial charge < -0.3 is 20.6 Å². The maximum absolute atomic E-state index is 11.8. The van der Waals surface area contributed by atoms with Crippen LogP contribution in [0.15, 0.2) is 0 Å². The third-order valence-electron chi connectivity index (χ3n) is 4.60. The summed E-state index contributed by atoms with van der Waals surface area (Å²) in [4.78, 5) is 24.9. The van der Waals surface area contributed by atoms with E-state index in [1.165, 1.54) is 0 Å². The first-order chi connectivity index (χ1) is 9.49. The summed E-state index contributed by atoms with van der Waals surface area (Å²) in [6, 6.07) is -0.170. The molecule has 2 rings (SSSR count). The van der Waals surface area contributed by atoms with Crippen molar-refractivity contribution in [1.82, 2.24) is 15.5 Å². The van der Waals surface area contributed by atoms with Gasteiger partial charge in [-0.2, -0.15) is 0 Å². The van der Waals surface area contributed by atoms with Gasteiger partial charge in [0.15, 0.2) is 0 Å². The molecular formula is C14H25N3O3. The van der Waals surface area contributed by atoms with Gasteiger partial charge in [0.05, 0.1) is 6.42 Å². The van der Waals surface area contributed by atoms with Gasteiger partial charge in [0, 0.05) is 19.6 Å². The number of urea groups is 1. The van der Waals surface area contributed by atoms with E-state index in [4.69, 9.17) is 5.11 Å². The molecule has 0 aromatic rings. The molecule has 1 saturated heterocycles. The maximum Gasteiger partial charge on any atom is 0.314 e. The first-order valence-electron chi connectivity index (χ1n) is 7.41. The lowest BCUT2D eigenvalue weighted by Gasteiger charge is -2.40. The maximum atomic E-state index is 11.8. The molecule has 1 saturated carbocycles. The van der Waals surface area contributed by atoms with Crippen LogP contribution >= 0.6 is 0 Å². The van der Waals surface area contributed by atoms with Gasteiger partial charge in [0.1, 0.15) is 0 Å². The topological polar surface area (TPSA) is 81.7 Å². The Bertz CT molecular complexity index is 369. The van der Waals surface area contributed by atoms with Gasteiger partial charge in [0.25, 0.3) is 0 Å². The number of aliphatic carboxylic acids is 1. The van der Waals surface area contributed by atoms with Crippen molar-refractivity contribution in [3.05, 3.63) is 0 Å². The van der Waals surface area contributed by atoms with Crippen LogP contribution < -0.4 is 10.6 Å². The first kappa shape index (κ1) is 15.1. The summed E-state index contributed by atoms with van der Waals surface area (Å²) in [7, 11) is 2.09. The lowest BCUT2D eigenvalue weighted by atomic mass is 9.66. The van der Waals surface area contributed by atoms with Crippen molar-refractivity contribution in [2.24, 2.45) is 11.3 Å². The smallest absolute Gasteiger partial charge is 0.314 e. The third kappa shape index (κ3) is 4.10. The van der Waals surface area contributed by atoms with Crippen molar-refractivity contribution in [3.8, 4) is 0 Å². The summed E-state index contributed by atoms with van der Waals surface area (Å²) in [5.41, 5.74) is -0.212. The van der Waals surface area contributed by atoms with Crippen LogP contribution in [0.5, 0.6) is 0 Å². The van der Waals surface area contributed by atoms with Gasteiger partial charge in [-0.3, -0.25) is 4.79 Å². The Morgan fingerprint density at radius 2 is 2.10 bits per heavy atom. The van der Waals surface area contributed by atoms with E-state index in [-0.39, 0.29) is 17.9 Å². The standard InChI is InChI=1S/C14H25N3O3/c1-17-6-3-11(9-17)8-15-13(20)16-10-14(4-2-5-14)7-12(18)19/h11H,2-10H2,1H3,(H,18,19)(H2,15,16,20). The minimum atomic E-state index is -0.777. The van der Waals surface area contributed by atoms with Crippen LogP contribution in [0.3, 0.4) is 0 Å². The lowest BCUT2D eigenvalue weighted by molar-refractivity contribution is -0.141. The molecule has 3 N–H and O–H groups in total. The summed E-state index contributed by atoms with van der Waals surface area (Å²) in [6.45, 7) is 3.29. The Hall–Kier alpha value is -1.30. The van der Waals surface area contributed by atoms with Gasteiger partial charge in [-0.05, 0) is 44.2 Å². The number of hydrogen-bond acceptors (Lipinski definition) is 3. The number of likely N-dealkylation sites (tertiary alicyclic amines) is 1. The molecule has 6 nitrogen and oxygen atoms in total.